The molecular weight excluding hydrogens is 388 g/mol. The molecule has 2 aromatic carbocycles. The minimum Gasteiger partial charge on any atom is -0.490 e. The number of hydrogen-bond acceptors (Lipinski definition) is 4. The lowest BCUT2D eigenvalue weighted by Crippen LogP contribution is -2.29. The molecule has 1 saturated carbocycles. The van der Waals surface area contributed by atoms with Gasteiger partial charge in [-0.3, -0.25) is 4.79 Å². The fraction of sp³-hybridized carbons (Fsp3) is 0.409. The van der Waals surface area contributed by atoms with Gasteiger partial charge in [-0.1, -0.05) is 6.07 Å². The number of fused-ring (bicyclic) bond motifs is 1. The lowest BCUT2D eigenvalue weighted by Gasteiger charge is -2.19. The highest BCUT2D eigenvalue weighted by Crippen LogP contribution is 2.32. The van der Waals surface area contributed by atoms with Crippen molar-refractivity contribution in [3.8, 4) is 5.75 Å². The summed E-state index contributed by atoms with van der Waals surface area (Å²) in [4.78, 5) is 14.9. The molecule has 0 N–H and O–H groups in total. The molecule has 1 aliphatic heterocycles. The number of carbonyl (C=O) groups is 1. The van der Waals surface area contributed by atoms with Gasteiger partial charge in [0.25, 0.3) is 5.91 Å². The number of carbonyl (C=O) groups excluding carboxylic acids is 1. The van der Waals surface area contributed by atoms with Gasteiger partial charge in [-0.15, -0.1) is 0 Å². The van der Waals surface area contributed by atoms with Crippen molar-refractivity contribution in [2.24, 2.45) is 0 Å². The number of ether oxygens (including phenoxy) is 1. The molecular formula is C22H26N2O4S. The first kappa shape index (κ1) is 19.9. The highest BCUT2D eigenvalue weighted by Gasteiger charge is 2.28. The maximum atomic E-state index is 13.1. The van der Waals surface area contributed by atoms with Crippen molar-refractivity contribution in [1.29, 1.82) is 0 Å². The Labute approximate surface area is 172 Å². The molecule has 1 amide bonds. The van der Waals surface area contributed by atoms with Gasteiger partial charge in [0.1, 0.15) is 5.75 Å². The summed E-state index contributed by atoms with van der Waals surface area (Å²) in [7, 11) is -0.549. The van der Waals surface area contributed by atoms with E-state index in [0.29, 0.717) is 24.2 Å². The maximum absolute atomic E-state index is 13.1. The zero-order chi connectivity index (χ0) is 20.6. The number of amides is 1. The van der Waals surface area contributed by atoms with Crippen molar-refractivity contribution in [2.45, 2.75) is 43.1 Å². The van der Waals surface area contributed by atoms with Crippen LogP contribution in [0.3, 0.4) is 0 Å². The molecule has 0 spiro atoms. The Bertz CT molecular complexity index is 1010. The Balaban J connectivity index is 1.55. The minimum absolute atomic E-state index is 0.129. The minimum atomic E-state index is -3.55. The van der Waals surface area contributed by atoms with E-state index in [0.717, 1.165) is 24.2 Å². The second-order valence-corrected chi connectivity index (χ2v) is 9.99. The van der Waals surface area contributed by atoms with E-state index in [1.807, 2.05) is 12.1 Å². The van der Waals surface area contributed by atoms with E-state index in [9.17, 15) is 13.2 Å². The van der Waals surface area contributed by atoms with Crippen LogP contribution < -0.4 is 9.64 Å². The van der Waals surface area contributed by atoms with Gasteiger partial charge in [0, 0.05) is 31.9 Å². The lowest BCUT2D eigenvalue weighted by atomic mass is 10.1. The average Bonchev–Trinajstić information content (AvgIpc) is 3.37. The van der Waals surface area contributed by atoms with E-state index in [4.69, 9.17) is 4.74 Å². The summed E-state index contributed by atoms with van der Waals surface area (Å²) in [5.41, 5.74) is 2.22. The Morgan fingerprint density at radius 1 is 1.07 bits per heavy atom. The van der Waals surface area contributed by atoms with Gasteiger partial charge >= 0.3 is 0 Å². The topological polar surface area (TPSA) is 66.9 Å². The maximum Gasteiger partial charge on any atom is 0.258 e. The van der Waals surface area contributed by atoms with Crippen molar-refractivity contribution in [3.05, 3.63) is 53.6 Å². The number of hydrogen-bond donors (Lipinski definition) is 0. The van der Waals surface area contributed by atoms with E-state index in [1.54, 1.807) is 35.2 Å². The molecule has 1 aliphatic carbocycles. The van der Waals surface area contributed by atoms with Crippen molar-refractivity contribution >= 4 is 21.6 Å². The predicted octanol–water partition coefficient (Wildman–Crippen LogP) is 3.46. The first-order chi connectivity index (χ1) is 13.9. The molecule has 0 unspecified atom stereocenters. The van der Waals surface area contributed by atoms with Gasteiger partial charge in [0.15, 0.2) is 0 Å². The zero-order valence-electron chi connectivity index (χ0n) is 16.8. The van der Waals surface area contributed by atoms with Crippen LogP contribution in [-0.2, 0) is 16.4 Å². The fourth-order valence-corrected chi connectivity index (χ4v) is 4.89. The number of anilines is 1. The van der Waals surface area contributed by atoms with Crippen molar-refractivity contribution in [2.75, 3.05) is 25.5 Å². The molecule has 4 rings (SSSR count). The average molecular weight is 415 g/mol. The van der Waals surface area contributed by atoms with Crippen LogP contribution in [-0.4, -0.2) is 45.4 Å². The van der Waals surface area contributed by atoms with Gasteiger partial charge in [-0.2, -0.15) is 0 Å². The van der Waals surface area contributed by atoms with Crippen LogP contribution in [0.2, 0.25) is 0 Å². The normalized spacial score (nSPS) is 17.0. The van der Waals surface area contributed by atoms with Gasteiger partial charge in [-0.05, 0) is 74.1 Å². The number of sulfonamides is 1. The quantitative estimate of drug-likeness (QED) is 0.752. The summed E-state index contributed by atoms with van der Waals surface area (Å²) in [5.74, 6) is 0.658. The molecule has 1 fully saturated rings. The SMILES string of the molecule is CN(C)S(=O)(=O)c1ccc2c(c1)N(C(=O)c1ccc(OC3CCCC3)cc1)CC2. The van der Waals surface area contributed by atoms with Crippen molar-refractivity contribution in [1.82, 2.24) is 4.31 Å². The van der Waals surface area contributed by atoms with E-state index >= 15 is 0 Å². The van der Waals surface area contributed by atoms with Gasteiger partial charge in [0.05, 0.1) is 11.0 Å². The van der Waals surface area contributed by atoms with Crippen molar-refractivity contribution < 1.29 is 17.9 Å². The Morgan fingerprint density at radius 2 is 1.76 bits per heavy atom. The molecule has 6 nitrogen and oxygen atoms in total. The first-order valence-corrected chi connectivity index (χ1v) is 11.4. The molecule has 1 heterocycles. The summed E-state index contributed by atoms with van der Waals surface area (Å²) in [5, 5.41) is 0. The van der Waals surface area contributed by atoms with Crippen LogP contribution in [0, 0.1) is 0 Å². The fourth-order valence-electron chi connectivity index (χ4n) is 3.97. The third-order valence-electron chi connectivity index (χ3n) is 5.68. The lowest BCUT2D eigenvalue weighted by molar-refractivity contribution is 0.0989. The predicted molar refractivity (Wildman–Crippen MR) is 112 cm³/mol. The van der Waals surface area contributed by atoms with Crippen LogP contribution >= 0.6 is 0 Å². The van der Waals surface area contributed by atoms with Crippen LogP contribution in [0.25, 0.3) is 0 Å². The summed E-state index contributed by atoms with van der Waals surface area (Å²) >= 11 is 0. The summed E-state index contributed by atoms with van der Waals surface area (Å²) in [6, 6.07) is 12.3. The van der Waals surface area contributed by atoms with Gasteiger partial charge < -0.3 is 9.64 Å². The van der Waals surface area contributed by atoms with Gasteiger partial charge in [0.2, 0.25) is 10.0 Å². The highest BCUT2D eigenvalue weighted by atomic mass is 32.2. The zero-order valence-corrected chi connectivity index (χ0v) is 17.6. The Kier molecular flexibility index (Phi) is 5.36. The van der Waals surface area contributed by atoms with E-state index < -0.39 is 10.0 Å². The molecule has 2 aromatic rings. The summed E-state index contributed by atoms with van der Waals surface area (Å²) in [6.07, 6.45) is 5.58. The smallest absolute Gasteiger partial charge is 0.258 e. The largest absolute Gasteiger partial charge is 0.490 e. The molecule has 154 valence electrons. The van der Waals surface area contributed by atoms with E-state index in [-0.39, 0.29) is 16.9 Å². The molecule has 0 atom stereocenters. The van der Waals surface area contributed by atoms with Crippen LogP contribution in [0.1, 0.15) is 41.6 Å². The Morgan fingerprint density at radius 3 is 2.41 bits per heavy atom. The summed E-state index contributed by atoms with van der Waals surface area (Å²) < 4.78 is 32.1. The second kappa shape index (κ2) is 7.80. The van der Waals surface area contributed by atoms with Crippen LogP contribution in [0.15, 0.2) is 47.4 Å². The van der Waals surface area contributed by atoms with Crippen LogP contribution in [0.5, 0.6) is 5.75 Å². The molecule has 7 heteroatoms. The molecule has 0 saturated heterocycles. The summed E-state index contributed by atoms with van der Waals surface area (Å²) in [6.45, 7) is 0.542. The number of benzene rings is 2. The highest BCUT2D eigenvalue weighted by molar-refractivity contribution is 7.89. The third kappa shape index (κ3) is 3.89. The first-order valence-electron chi connectivity index (χ1n) is 10.0. The monoisotopic (exact) mass is 414 g/mol. The Hall–Kier alpha value is -2.38. The molecule has 0 aromatic heterocycles. The second-order valence-electron chi connectivity index (χ2n) is 7.83. The molecule has 0 radical (unpaired) electrons. The number of nitrogens with zero attached hydrogens (tertiary/aromatic N) is 2. The standard InChI is InChI=1S/C22H26N2O4S/c1-23(2)29(26,27)20-12-9-16-13-14-24(21(16)15-20)22(25)17-7-10-19(11-8-17)28-18-5-3-4-6-18/h7-12,15,18H,3-6,13-14H2,1-2H3. The molecule has 0 bridgehead atoms. The van der Waals surface area contributed by atoms with E-state index in [1.165, 1.54) is 31.2 Å². The van der Waals surface area contributed by atoms with Crippen molar-refractivity contribution in [3.63, 3.8) is 0 Å². The third-order valence-corrected chi connectivity index (χ3v) is 7.49. The van der Waals surface area contributed by atoms with E-state index in [2.05, 4.69) is 0 Å². The number of rotatable bonds is 5. The molecule has 29 heavy (non-hydrogen) atoms. The molecule has 2 aliphatic rings. The van der Waals surface area contributed by atoms with Gasteiger partial charge in [-0.25, -0.2) is 12.7 Å². The van der Waals surface area contributed by atoms with Crippen LogP contribution in [0.4, 0.5) is 5.69 Å².